The van der Waals surface area contributed by atoms with Gasteiger partial charge in [-0.15, -0.1) is 0 Å². The number of hydrogen-bond acceptors (Lipinski definition) is 6. The van der Waals surface area contributed by atoms with E-state index in [0.29, 0.717) is 17.4 Å². The molecule has 0 spiro atoms. The third kappa shape index (κ3) is 5.53. The molecule has 0 unspecified atom stereocenters. The molecule has 32 heavy (non-hydrogen) atoms. The van der Waals surface area contributed by atoms with Gasteiger partial charge in [-0.25, -0.2) is 0 Å². The summed E-state index contributed by atoms with van der Waals surface area (Å²) in [5, 5.41) is 3.37. The van der Waals surface area contributed by atoms with Gasteiger partial charge in [-0.1, -0.05) is 15.9 Å². The number of carbonyl (C=O) groups excluding carboxylic acids is 1. The van der Waals surface area contributed by atoms with Crippen LogP contribution in [0.3, 0.4) is 0 Å². The Bertz CT molecular complexity index is 1150. The SMILES string of the molecule is CN(Sc1ccc2[nH]cc(C(=O)NCCN3CCOCC3)c(=O)c2c1)c1ccc(Br)cc1. The molecule has 1 aromatic heterocycles. The Balaban J connectivity index is 1.46. The topological polar surface area (TPSA) is 77.7 Å². The number of nitrogens with zero attached hydrogens (tertiary/aromatic N) is 2. The Morgan fingerprint density at radius 2 is 1.97 bits per heavy atom. The Kier molecular flexibility index (Phi) is 7.51. The molecule has 2 N–H and O–H groups in total. The summed E-state index contributed by atoms with van der Waals surface area (Å²) in [4.78, 5) is 31.9. The second-order valence-electron chi connectivity index (χ2n) is 7.51. The van der Waals surface area contributed by atoms with Crippen molar-refractivity contribution in [2.24, 2.45) is 0 Å². The number of hydrogen-bond donors (Lipinski definition) is 2. The molecule has 1 fully saturated rings. The summed E-state index contributed by atoms with van der Waals surface area (Å²) >= 11 is 4.97. The summed E-state index contributed by atoms with van der Waals surface area (Å²) < 4.78 is 8.39. The molecule has 0 atom stereocenters. The van der Waals surface area contributed by atoms with Gasteiger partial charge in [-0.3, -0.25) is 14.5 Å². The van der Waals surface area contributed by atoms with Gasteiger partial charge in [0.2, 0.25) is 5.43 Å². The van der Waals surface area contributed by atoms with Crippen LogP contribution in [0.5, 0.6) is 0 Å². The van der Waals surface area contributed by atoms with Crippen LogP contribution < -0.4 is 15.1 Å². The highest BCUT2D eigenvalue weighted by molar-refractivity contribution is 9.10. The molecule has 0 saturated carbocycles. The van der Waals surface area contributed by atoms with Crippen LogP contribution >= 0.6 is 27.9 Å². The second-order valence-corrected chi connectivity index (χ2v) is 9.63. The molecule has 0 aliphatic carbocycles. The van der Waals surface area contributed by atoms with Crippen LogP contribution in [-0.2, 0) is 4.74 Å². The van der Waals surface area contributed by atoms with Gasteiger partial charge in [-0.2, -0.15) is 0 Å². The minimum Gasteiger partial charge on any atom is -0.379 e. The summed E-state index contributed by atoms with van der Waals surface area (Å²) in [5.41, 5.74) is 1.61. The predicted octanol–water partition coefficient (Wildman–Crippen LogP) is 3.50. The second kappa shape index (κ2) is 10.5. The predicted molar refractivity (Wildman–Crippen MR) is 133 cm³/mol. The highest BCUT2D eigenvalue weighted by atomic mass is 79.9. The number of anilines is 1. The summed E-state index contributed by atoms with van der Waals surface area (Å²) in [6.45, 7) is 4.39. The van der Waals surface area contributed by atoms with Crippen molar-refractivity contribution in [3.8, 4) is 0 Å². The fraction of sp³-hybridized carbons (Fsp3) is 0.304. The number of morpholine rings is 1. The number of benzene rings is 2. The van der Waals surface area contributed by atoms with Crippen molar-refractivity contribution in [3.05, 3.63) is 68.9 Å². The fourth-order valence-corrected chi connectivity index (χ4v) is 4.64. The van der Waals surface area contributed by atoms with Gasteiger partial charge in [0.25, 0.3) is 5.91 Å². The van der Waals surface area contributed by atoms with Crippen molar-refractivity contribution in [2.45, 2.75) is 4.90 Å². The molecule has 168 valence electrons. The van der Waals surface area contributed by atoms with Crippen LogP contribution in [0.2, 0.25) is 0 Å². The van der Waals surface area contributed by atoms with Gasteiger partial charge >= 0.3 is 0 Å². The molecule has 2 heterocycles. The lowest BCUT2D eigenvalue weighted by Crippen LogP contribution is -2.41. The van der Waals surface area contributed by atoms with Crippen molar-refractivity contribution < 1.29 is 9.53 Å². The summed E-state index contributed by atoms with van der Waals surface area (Å²) in [5.74, 6) is -0.355. The first kappa shape index (κ1) is 22.8. The highest BCUT2D eigenvalue weighted by Gasteiger charge is 2.15. The Morgan fingerprint density at radius 3 is 2.72 bits per heavy atom. The van der Waals surface area contributed by atoms with E-state index in [-0.39, 0.29) is 16.9 Å². The Labute approximate surface area is 199 Å². The summed E-state index contributed by atoms with van der Waals surface area (Å²) in [6, 6.07) is 13.7. The van der Waals surface area contributed by atoms with Crippen LogP contribution in [0.4, 0.5) is 5.69 Å². The van der Waals surface area contributed by atoms with Crippen LogP contribution in [0, 0.1) is 0 Å². The quantitative estimate of drug-likeness (QED) is 0.468. The number of pyridine rings is 1. The van der Waals surface area contributed by atoms with Crippen molar-refractivity contribution >= 4 is 50.4 Å². The standard InChI is InChI=1S/C23H25BrN4O3S/c1-27(17-4-2-16(24)3-5-17)32-18-6-7-21-19(14-18)22(29)20(15-26-21)23(30)25-8-9-28-10-12-31-13-11-28/h2-7,14-15H,8-13H2,1H3,(H,25,30)(H,26,29). The summed E-state index contributed by atoms with van der Waals surface area (Å²) in [6.07, 6.45) is 1.50. The van der Waals surface area contributed by atoms with Crippen LogP contribution in [0.25, 0.3) is 10.9 Å². The number of rotatable bonds is 7. The van der Waals surface area contributed by atoms with E-state index in [2.05, 4.69) is 31.1 Å². The van der Waals surface area contributed by atoms with Crippen LogP contribution in [-0.4, -0.2) is 62.2 Å². The molecular formula is C23H25BrN4O3S. The Hall–Kier alpha value is -2.33. The first-order chi connectivity index (χ1) is 15.5. The van der Waals surface area contributed by atoms with Gasteiger partial charge < -0.3 is 19.3 Å². The van der Waals surface area contributed by atoms with E-state index in [9.17, 15) is 9.59 Å². The average Bonchev–Trinajstić information content (AvgIpc) is 2.80. The molecule has 9 heteroatoms. The van der Waals surface area contributed by atoms with E-state index in [4.69, 9.17) is 4.74 Å². The lowest BCUT2D eigenvalue weighted by atomic mass is 10.1. The first-order valence-electron chi connectivity index (χ1n) is 10.4. The lowest BCUT2D eigenvalue weighted by Gasteiger charge is -2.26. The van der Waals surface area contributed by atoms with E-state index < -0.39 is 0 Å². The van der Waals surface area contributed by atoms with Crippen LogP contribution in [0.1, 0.15) is 10.4 Å². The Morgan fingerprint density at radius 1 is 1.22 bits per heavy atom. The molecule has 2 aromatic carbocycles. The number of aromatic amines is 1. The van der Waals surface area contributed by atoms with Crippen molar-refractivity contribution in [1.82, 2.24) is 15.2 Å². The molecule has 1 amide bonds. The number of ether oxygens (including phenoxy) is 1. The molecule has 1 aliphatic rings. The van der Waals surface area contributed by atoms with Gasteiger partial charge in [0.15, 0.2) is 0 Å². The molecular weight excluding hydrogens is 492 g/mol. The van der Waals surface area contributed by atoms with E-state index in [1.54, 1.807) is 0 Å². The van der Waals surface area contributed by atoms with Gasteiger partial charge in [0, 0.05) is 65.4 Å². The summed E-state index contributed by atoms with van der Waals surface area (Å²) in [7, 11) is 1.97. The molecule has 1 saturated heterocycles. The molecule has 7 nitrogen and oxygen atoms in total. The number of nitrogens with one attached hydrogen (secondary N) is 2. The van der Waals surface area contributed by atoms with E-state index >= 15 is 0 Å². The molecule has 3 aromatic rings. The normalized spacial score (nSPS) is 14.4. The van der Waals surface area contributed by atoms with E-state index in [0.717, 1.165) is 47.9 Å². The largest absolute Gasteiger partial charge is 0.379 e. The molecule has 0 radical (unpaired) electrons. The maximum Gasteiger partial charge on any atom is 0.256 e. The van der Waals surface area contributed by atoms with Crippen molar-refractivity contribution in [2.75, 3.05) is 50.7 Å². The zero-order valence-electron chi connectivity index (χ0n) is 17.8. The number of H-pyrrole nitrogens is 1. The van der Waals surface area contributed by atoms with Gasteiger partial charge in [-0.05, 0) is 54.4 Å². The van der Waals surface area contributed by atoms with Crippen LogP contribution in [0.15, 0.2) is 62.8 Å². The lowest BCUT2D eigenvalue weighted by molar-refractivity contribution is 0.0383. The van der Waals surface area contributed by atoms with Gasteiger partial charge in [0.1, 0.15) is 5.56 Å². The molecule has 4 rings (SSSR count). The maximum absolute atomic E-state index is 13.0. The third-order valence-electron chi connectivity index (χ3n) is 5.35. The zero-order valence-corrected chi connectivity index (χ0v) is 20.2. The number of amides is 1. The number of carbonyl (C=O) groups is 1. The highest BCUT2D eigenvalue weighted by Crippen LogP contribution is 2.29. The maximum atomic E-state index is 13.0. The smallest absolute Gasteiger partial charge is 0.256 e. The van der Waals surface area contributed by atoms with Gasteiger partial charge in [0.05, 0.1) is 13.2 Å². The fourth-order valence-electron chi connectivity index (χ4n) is 3.53. The number of aromatic nitrogens is 1. The number of halogens is 1. The van der Waals surface area contributed by atoms with Crippen molar-refractivity contribution in [1.29, 1.82) is 0 Å². The number of fused-ring (bicyclic) bond motifs is 1. The average molecular weight is 517 g/mol. The monoisotopic (exact) mass is 516 g/mol. The first-order valence-corrected chi connectivity index (χ1v) is 12.0. The van der Waals surface area contributed by atoms with E-state index in [1.165, 1.54) is 18.1 Å². The zero-order chi connectivity index (χ0) is 22.5. The van der Waals surface area contributed by atoms with Crippen molar-refractivity contribution in [3.63, 3.8) is 0 Å². The van der Waals surface area contributed by atoms with E-state index in [1.807, 2.05) is 53.8 Å². The third-order valence-corrected chi connectivity index (χ3v) is 6.82. The molecule has 1 aliphatic heterocycles. The minimum absolute atomic E-state index is 0.128. The minimum atomic E-state index is -0.355. The molecule has 0 bridgehead atoms.